The zero-order chi connectivity index (χ0) is 35.8. The lowest BCUT2D eigenvalue weighted by atomic mass is 9.79. The van der Waals surface area contributed by atoms with Crippen LogP contribution in [0.1, 0.15) is 60.7 Å². The molecule has 2 unspecified atom stereocenters. The molecule has 2 amide bonds. The van der Waals surface area contributed by atoms with E-state index in [2.05, 4.69) is 13.2 Å². The van der Waals surface area contributed by atoms with Crippen molar-refractivity contribution in [2.75, 3.05) is 40.8 Å². The predicted octanol–water partition coefficient (Wildman–Crippen LogP) is 4.63. The monoisotopic (exact) mass is 682 g/mol. The van der Waals surface area contributed by atoms with E-state index < -0.39 is 48.1 Å². The molecule has 3 aliphatic rings. The summed E-state index contributed by atoms with van der Waals surface area (Å²) in [6.07, 6.45) is -0.391. The van der Waals surface area contributed by atoms with Crippen LogP contribution in [0.5, 0.6) is 28.7 Å². The maximum atomic E-state index is 15.1. The van der Waals surface area contributed by atoms with Gasteiger partial charge in [0.1, 0.15) is 36.1 Å². The Labute approximate surface area is 286 Å². The van der Waals surface area contributed by atoms with E-state index in [4.69, 9.17) is 33.2 Å². The number of carbonyl (C=O) groups is 2. The first-order chi connectivity index (χ1) is 23.3. The van der Waals surface area contributed by atoms with Gasteiger partial charge in [-0.25, -0.2) is 4.79 Å². The molecule has 49 heavy (non-hydrogen) atoms. The lowest BCUT2D eigenvalue weighted by molar-refractivity contribution is -0.193. The summed E-state index contributed by atoms with van der Waals surface area (Å²) in [5, 5.41) is 23.1. The van der Waals surface area contributed by atoms with E-state index in [-0.39, 0.29) is 38.8 Å². The highest BCUT2D eigenvalue weighted by Crippen LogP contribution is 2.57. The van der Waals surface area contributed by atoms with Crippen molar-refractivity contribution in [3.63, 3.8) is 0 Å². The number of piperazine rings is 1. The summed E-state index contributed by atoms with van der Waals surface area (Å²) in [6.45, 7) is 16.5. The number of benzene rings is 2. The molecule has 0 bridgehead atoms. The summed E-state index contributed by atoms with van der Waals surface area (Å²) in [4.78, 5) is 31.6. The molecule has 13 heteroatoms. The van der Waals surface area contributed by atoms with E-state index in [1.807, 2.05) is 6.92 Å². The second-order valence-corrected chi connectivity index (χ2v) is 13.2. The number of methoxy groups -OCH3 is 2. The van der Waals surface area contributed by atoms with Gasteiger partial charge in [-0.1, -0.05) is 24.8 Å². The summed E-state index contributed by atoms with van der Waals surface area (Å²) in [6, 6.07) is -0.00646. The third kappa shape index (κ3) is 6.50. The first kappa shape index (κ1) is 35.8. The molecule has 0 saturated carbocycles. The number of phenolic OH excluding ortho intramolecular Hbond substituents is 1. The van der Waals surface area contributed by atoms with Crippen molar-refractivity contribution in [3.8, 4) is 28.7 Å². The molecule has 1 saturated heterocycles. The maximum Gasteiger partial charge on any atom is 0.413 e. The van der Waals surface area contributed by atoms with Gasteiger partial charge < -0.3 is 48.3 Å². The average molecular weight is 683 g/mol. The van der Waals surface area contributed by atoms with Crippen LogP contribution in [0.15, 0.2) is 37.4 Å². The van der Waals surface area contributed by atoms with Crippen LogP contribution in [0, 0.1) is 13.8 Å². The van der Waals surface area contributed by atoms with Crippen molar-refractivity contribution < 1.29 is 53.0 Å². The standard InChI is InChI=1S/C36H46N2O11/c1-10-12-45-17-23-25-26(29(46-13-11-2)20(4)30-32(25)48-18-47-30)31(44-9)27-34(41)38(35(42)49-36(5,6)7)22(33(40)37(23)27)15-21-14-19(3)28(43-8)24(39)16-21/h10-11,14,16,22-23,27,31,34,39,41H,1-2,12-13,15,17-18H2,3-9H3/t22-,23-,27-,31?,34?/m0/s1. The summed E-state index contributed by atoms with van der Waals surface area (Å²) < 4.78 is 41.4. The van der Waals surface area contributed by atoms with Crippen molar-refractivity contribution in [1.82, 2.24) is 9.80 Å². The van der Waals surface area contributed by atoms with Gasteiger partial charge in [-0.2, -0.15) is 0 Å². The quantitative estimate of drug-likeness (QED) is 0.253. The van der Waals surface area contributed by atoms with Gasteiger partial charge in [0.05, 0.1) is 26.4 Å². The lowest BCUT2D eigenvalue weighted by Gasteiger charge is -2.55. The van der Waals surface area contributed by atoms with E-state index in [1.165, 1.54) is 25.2 Å². The van der Waals surface area contributed by atoms with Crippen molar-refractivity contribution in [1.29, 1.82) is 0 Å². The highest BCUT2D eigenvalue weighted by molar-refractivity contribution is 5.89. The number of aromatic hydroxyl groups is 1. The van der Waals surface area contributed by atoms with Gasteiger partial charge in [0.15, 0.2) is 29.2 Å². The second kappa shape index (κ2) is 14.2. The number of carbonyl (C=O) groups excluding carboxylic acids is 2. The first-order valence-corrected chi connectivity index (χ1v) is 16.1. The minimum absolute atomic E-state index is 0.0221. The van der Waals surface area contributed by atoms with Crippen LogP contribution in [0.25, 0.3) is 0 Å². The third-order valence-electron chi connectivity index (χ3n) is 8.79. The Kier molecular flexibility index (Phi) is 10.4. The van der Waals surface area contributed by atoms with E-state index in [0.717, 1.165) is 4.90 Å². The number of rotatable bonds is 11. The van der Waals surface area contributed by atoms with E-state index in [9.17, 15) is 15.0 Å². The van der Waals surface area contributed by atoms with Crippen molar-refractivity contribution >= 4 is 12.0 Å². The first-order valence-electron chi connectivity index (χ1n) is 16.1. The summed E-state index contributed by atoms with van der Waals surface area (Å²) >= 11 is 0. The highest BCUT2D eigenvalue weighted by Gasteiger charge is 2.59. The third-order valence-corrected chi connectivity index (χ3v) is 8.79. The van der Waals surface area contributed by atoms with Gasteiger partial charge in [0.25, 0.3) is 0 Å². The maximum absolute atomic E-state index is 15.1. The van der Waals surface area contributed by atoms with Crippen LogP contribution in [-0.4, -0.2) is 96.8 Å². The number of aliphatic hydroxyl groups excluding tert-OH is 1. The van der Waals surface area contributed by atoms with Crippen LogP contribution in [-0.2, 0) is 25.4 Å². The number of ether oxygens (including phenoxy) is 7. The Bertz CT molecular complexity index is 1590. The topological polar surface area (TPSA) is 146 Å². The van der Waals surface area contributed by atoms with Crippen LogP contribution >= 0.6 is 0 Å². The van der Waals surface area contributed by atoms with Crippen LogP contribution in [0.4, 0.5) is 4.79 Å². The van der Waals surface area contributed by atoms with Gasteiger partial charge in [-0.05, 0) is 51.8 Å². The predicted molar refractivity (Wildman–Crippen MR) is 178 cm³/mol. The fourth-order valence-corrected chi connectivity index (χ4v) is 7.01. The van der Waals surface area contributed by atoms with Crippen molar-refractivity contribution in [3.05, 3.63) is 65.3 Å². The molecule has 5 rings (SSSR count). The van der Waals surface area contributed by atoms with E-state index >= 15 is 4.79 Å². The lowest BCUT2D eigenvalue weighted by Crippen LogP contribution is -2.72. The molecule has 0 aliphatic carbocycles. The Morgan fingerprint density at radius 3 is 2.35 bits per heavy atom. The van der Waals surface area contributed by atoms with Gasteiger partial charge in [0.2, 0.25) is 12.7 Å². The number of fused-ring (bicyclic) bond motifs is 4. The minimum atomic E-state index is -1.62. The molecular formula is C36H46N2O11. The largest absolute Gasteiger partial charge is 0.504 e. The molecule has 2 aromatic carbocycles. The van der Waals surface area contributed by atoms with Crippen LogP contribution in [0.2, 0.25) is 0 Å². The summed E-state index contributed by atoms with van der Waals surface area (Å²) in [7, 11) is 2.91. The number of phenols is 1. The van der Waals surface area contributed by atoms with Gasteiger partial charge in [0, 0.05) is 30.2 Å². The highest BCUT2D eigenvalue weighted by atomic mass is 16.7. The minimum Gasteiger partial charge on any atom is -0.504 e. The Morgan fingerprint density at radius 2 is 1.73 bits per heavy atom. The number of hydrogen-bond donors (Lipinski definition) is 2. The molecule has 1 fully saturated rings. The Morgan fingerprint density at radius 1 is 1.04 bits per heavy atom. The summed E-state index contributed by atoms with van der Waals surface area (Å²) in [5.41, 5.74) is 1.93. The van der Waals surface area contributed by atoms with Gasteiger partial charge >= 0.3 is 6.09 Å². The van der Waals surface area contributed by atoms with Gasteiger partial charge in [-0.15, -0.1) is 6.58 Å². The van der Waals surface area contributed by atoms with E-state index in [0.29, 0.717) is 50.8 Å². The van der Waals surface area contributed by atoms with E-state index in [1.54, 1.807) is 45.9 Å². The zero-order valence-corrected chi connectivity index (χ0v) is 29.1. The molecule has 0 aromatic heterocycles. The summed E-state index contributed by atoms with van der Waals surface area (Å²) in [5.74, 6) is 0.958. The Balaban J connectivity index is 1.74. The molecular weight excluding hydrogens is 636 g/mol. The molecule has 3 aliphatic heterocycles. The smallest absolute Gasteiger partial charge is 0.413 e. The molecule has 2 N–H and O–H groups in total. The normalized spacial score (nSPS) is 22.7. The zero-order valence-electron chi connectivity index (χ0n) is 29.1. The number of aliphatic hydroxyl groups is 1. The fourth-order valence-electron chi connectivity index (χ4n) is 7.01. The number of hydrogen-bond acceptors (Lipinski definition) is 11. The molecule has 0 spiro atoms. The number of nitrogens with zero attached hydrogens (tertiary/aromatic N) is 2. The molecule has 3 heterocycles. The molecule has 13 nitrogen and oxygen atoms in total. The molecule has 266 valence electrons. The van der Waals surface area contributed by atoms with Crippen molar-refractivity contribution in [2.45, 2.75) is 77.1 Å². The molecule has 5 atom stereocenters. The number of amides is 2. The molecule has 2 aromatic rings. The Hall–Kier alpha value is -4.46. The van der Waals surface area contributed by atoms with Crippen LogP contribution < -0.4 is 18.9 Å². The average Bonchev–Trinajstić information content (AvgIpc) is 3.52. The van der Waals surface area contributed by atoms with Crippen molar-refractivity contribution in [2.24, 2.45) is 0 Å². The fraction of sp³-hybridized carbons (Fsp3) is 0.500. The second-order valence-electron chi connectivity index (χ2n) is 13.2. The van der Waals surface area contributed by atoms with Gasteiger partial charge in [-0.3, -0.25) is 9.69 Å². The number of aryl methyl sites for hydroxylation is 1. The SMILES string of the molecule is C=CCOC[C@H]1c2c3c(c(C)c(OCC=C)c2C(OC)[C@H]2C(O)N(C(=O)OC(C)(C)C)[C@@H](Cc4cc(C)c(OC)c(O)c4)C(=O)N21)OCO3. The molecule has 0 radical (unpaired) electrons. The van der Waals surface area contributed by atoms with Crippen LogP contribution in [0.3, 0.4) is 0 Å².